The molecule has 0 saturated carbocycles. The highest BCUT2D eigenvalue weighted by atomic mass is 16.5. The minimum atomic E-state index is 0.450. The first kappa shape index (κ1) is 13.0. The molecule has 0 radical (unpaired) electrons. The largest absolute Gasteiger partial charge is 0.379 e. The predicted molar refractivity (Wildman–Crippen MR) is 75.2 cm³/mol. The molecule has 1 aliphatic heterocycles. The van der Waals surface area contributed by atoms with Crippen LogP contribution in [0.5, 0.6) is 0 Å². The molecule has 1 aliphatic carbocycles. The van der Waals surface area contributed by atoms with E-state index in [1.807, 2.05) is 6.20 Å². The third-order valence-corrected chi connectivity index (χ3v) is 4.12. The van der Waals surface area contributed by atoms with E-state index in [0.717, 1.165) is 39.4 Å². The van der Waals surface area contributed by atoms with Gasteiger partial charge in [-0.3, -0.25) is 9.88 Å². The molecule has 4 nitrogen and oxygen atoms in total. The second kappa shape index (κ2) is 6.46. The van der Waals surface area contributed by atoms with Gasteiger partial charge in [-0.25, -0.2) is 0 Å². The van der Waals surface area contributed by atoms with Crippen LogP contribution in [-0.2, 0) is 11.2 Å². The first-order valence-corrected chi connectivity index (χ1v) is 7.41. The van der Waals surface area contributed by atoms with Gasteiger partial charge in [0.05, 0.1) is 18.9 Å². The maximum atomic E-state index is 5.37. The van der Waals surface area contributed by atoms with Gasteiger partial charge in [-0.15, -0.1) is 0 Å². The van der Waals surface area contributed by atoms with Crippen molar-refractivity contribution in [1.29, 1.82) is 0 Å². The summed E-state index contributed by atoms with van der Waals surface area (Å²) in [6, 6.07) is 4.72. The Morgan fingerprint density at radius 1 is 1.37 bits per heavy atom. The summed E-state index contributed by atoms with van der Waals surface area (Å²) in [6.07, 6.45) is 5.59. The SMILES string of the molecule is c1cnc2c(c1)CCCC2NCCN1CCOCC1. The number of hydrogen-bond donors (Lipinski definition) is 1. The topological polar surface area (TPSA) is 37.4 Å². The van der Waals surface area contributed by atoms with Crippen molar-refractivity contribution in [2.24, 2.45) is 0 Å². The van der Waals surface area contributed by atoms with Gasteiger partial charge in [0.2, 0.25) is 0 Å². The molecule has 4 heteroatoms. The Hall–Kier alpha value is -0.970. The van der Waals surface area contributed by atoms with Gasteiger partial charge in [0.1, 0.15) is 0 Å². The van der Waals surface area contributed by atoms with E-state index in [9.17, 15) is 0 Å². The second-order valence-corrected chi connectivity index (χ2v) is 5.40. The average molecular weight is 261 g/mol. The molecule has 1 aromatic rings. The molecule has 1 N–H and O–H groups in total. The van der Waals surface area contributed by atoms with Crippen molar-refractivity contribution >= 4 is 0 Å². The van der Waals surface area contributed by atoms with E-state index in [1.165, 1.54) is 30.5 Å². The maximum Gasteiger partial charge on any atom is 0.0605 e. The zero-order valence-electron chi connectivity index (χ0n) is 11.5. The number of hydrogen-bond acceptors (Lipinski definition) is 4. The Labute approximate surface area is 115 Å². The van der Waals surface area contributed by atoms with Crippen molar-refractivity contribution in [3.05, 3.63) is 29.6 Å². The summed E-state index contributed by atoms with van der Waals surface area (Å²) in [6.45, 7) is 6.06. The summed E-state index contributed by atoms with van der Waals surface area (Å²) in [5.41, 5.74) is 2.70. The van der Waals surface area contributed by atoms with Crippen molar-refractivity contribution in [3.63, 3.8) is 0 Å². The number of nitrogens with one attached hydrogen (secondary N) is 1. The number of aryl methyl sites for hydroxylation is 1. The molecule has 1 aromatic heterocycles. The Morgan fingerprint density at radius 3 is 3.16 bits per heavy atom. The van der Waals surface area contributed by atoms with Gasteiger partial charge in [-0.2, -0.15) is 0 Å². The minimum Gasteiger partial charge on any atom is -0.379 e. The van der Waals surface area contributed by atoms with Crippen LogP contribution in [0.25, 0.3) is 0 Å². The van der Waals surface area contributed by atoms with Crippen molar-refractivity contribution < 1.29 is 4.74 Å². The summed E-state index contributed by atoms with van der Waals surface area (Å²) >= 11 is 0. The van der Waals surface area contributed by atoms with Crippen molar-refractivity contribution in [1.82, 2.24) is 15.2 Å². The summed E-state index contributed by atoms with van der Waals surface area (Å²) in [5, 5.41) is 3.68. The van der Waals surface area contributed by atoms with Gasteiger partial charge in [0, 0.05) is 38.4 Å². The highest BCUT2D eigenvalue weighted by molar-refractivity contribution is 5.25. The van der Waals surface area contributed by atoms with E-state index in [4.69, 9.17) is 4.74 Å². The maximum absolute atomic E-state index is 5.37. The molecule has 1 saturated heterocycles. The fourth-order valence-electron chi connectivity index (χ4n) is 3.03. The smallest absolute Gasteiger partial charge is 0.0605 e. The number of pyridine rings is 1. The van der Waals surface area contributed by atoms with Gasteiger partial charge < -0.3 is 10.1 Å². The Morgan fingerprint density at radius 2 is 2.26 bits per heavy atom. The Bertz CT molecular complexity index is 404. The fourth-order valence-corrected chi connectivity index (χ4v) is 3.03. The highest BCUT2D eigenvalue weighted by Crippen LogP contribution is 2.27. The molecule has 0 bridgehead atoms. The molecular formula is C15H23N3O. The van der Waals surface area contributed by atoms with Gasteiger partial charge in [0.15, 0.2) is 0 Å². The molecule has 2 heterocycles. The molecule has 104 valence electrons. The first-order chi connectivity index (χ1) is 9.43. The third kappa shape index (κ3) is 3.32. The average Bonchev–Trinajstić information content (AvgIpc) is 2.49. The molecule has 2 aliphatic rings. The van der Waals surface area contributed by atoms with E-state index in [-0.39, 0.29) is 0 Å². The molecule has 0 spiro atoms. The Balaban J connectivity index is 1.50. The quantitative estimate of drug-likeness (QED) is 0.888. The zero-order chi connectivity index (χ0) is 12.9. The molecule has 0 aromatic carbocycles. The van der Waals surface area contributed by atoms with Crippen LogP contribution in [0.4, 0.5) is 0 Å². The molecule has 1 fully saturated rings. The van der Waals surface area contributed by atoms with Crippen LogP contribution in [0, 0.1) is 0 Å². The second-order valence-electron chi connectivity index (χ2n) is 5.40. The lowest BCUT2D eigenvalue weighted by Gasteiger charge is -2.29. The van der Waals surface area contributed by atoms with Gasteiger partial charge in [-0.1, -0.05) is 6.07 Å². The van der Waals surface area contributed by atoms with E-state index < -0.39 is 0 Å². The van der Waals surface area contributed by atoms with Gasteiger partial charge in [0.25, 0.3) is 0 Å². The molecule has 0 amide bonds. The third-order valence-electron chi connectivity index (χ3n) is 4.12. The predicted octanol–water partition coefficient (Wildman–Crippen LogP) is 1.38. The van der Waals surface area contributed by atoms with E-state index in [1.54, 1.807) is 0 Å². The highest BCUT2D eigenvalue weighted by Gasteiger charge is 2.20. The van der Waals surface area contributed by atoms with Crippen LogP contribution in [0.3, 0.4) is 0 Å². The van der Waals surface area contributed by atoms with Crippen molar-refractivity contribution in [2.45, 2.75) is 25.3 Å². The van der Waals surface area contributed by atoms with Crippen LogP contribution in [0.1, 0.15) is 30.1 Å². The number of ether oxygens (including phenoxy) is 1. The molecule has 1 unspecified atom stereocenters. The van der Waals surface area contributed by atoms with Crippen LogP contribution in [-0.4, -0.2) is 49.3 Å². The molecule has 1 atom stereocenters. The molecular weight excluding hydrogens is 238 g/mol. The summed E-state index contributed by atoms with van der Waals surface area (Å²) in [5.74, 6) is 0. The number of fused-ring (bicyclic) bond motifs is 1. The number of morpholine rings is 1. The lowest BCUT2D eigenvalue weighted by molar-refractivity contribution is 0.0380. The lowest BCUT2D eigenvalue weighted by Crippen LogP contribution is -2.41. The number of nitrogens with zero attached hydrogens (tertiary/aromatic N) is 2. The van der Waals surface area contributed by atoms with Crippen LogP contribution < -0.4 is 5.32 Å². The fraction of sp³-hybridized carbons (Fsp3) is 0.667. The molecule has 19 heavy (non-hydrogen) atoms. The van der Waals surface area contributed by atoms with Gasteiger partial charge >= 0.3 is 0 Å². The van der Waals surface area contributed by atoms with Crippen molar-refractivity contribution in [2.75, 3.05) is 39.4 Å². The monoisotopic (exact) mass is 261 g/mol. The summed E-state index contributed by atoms with van der Waals surface area (Å²) in [7, 11) is 0. The summed E-state index contributed by atoms with van der Waals surface area (Å²) in [4.78, 5) is 7.04. The van der Waals surface area contributed by atoms with Gasteiger partial charge in [-0.05, 0) is 30.9 Å². The number of rotatable bonds is 4. The van der Waals surface area contributed by atoms with Crippen LogP contribution >= 0.6 is 0 Å². The first-order valence-electron chi connectivity index (χ1n) is 7.41. The Kier molecular flexibility index (Phi) is 4.43. The normalized spacial score (nSPS) is 24.1. The summed E-state index contributed by atoms with van der Waals surface area (Å²) < 4.78 is 5.37. The number of aromatic nitrogens is 1. The van der Waals surface area contributed by atoms with Crippen LogP contribution in [0.15, 0.2) is 18.3 Å². The van der Waals surface area contributed by atoms with E-state index in [2.05, 4.69) is 27.3 Å². The van der Waals surface area contributed by atoms with Crippen molar-refractivity contribution in [3.8, 4) is 0 Å². The minimum absolute atomic E-state index is 0.450. The van der Waals surface area contributed by atoms with E-state index in [0.29, 0.717) is 6.04 Å². The lowest BCUT2D eigenvalue weighted by atomic mass is 9.92. The molecule has 3 rings (SSSR count). The van der Waals surface area contributed by atoms with E-state index >= 15 is 0 Å². The van der Waals surface area contributed by atoms with Crippen LogP contribution in [0.2, 0.25) is 0 Å². The standard InChI is InChI=1S/C15H23N3O/c1-3-13-4-2-6-17-15(13)14(5-1)16-7-8-18-9-11-19-12-10-18/h2,4,6,14,16H,1,3,5,7-12H2. The zero-order valence-corrected chi connectivity index (χ0v) is 11.5.